The van der Waals surface area contributed by atoms with Gasteiger partial charge < -0.3 is 5.11 Å². The smallest absolute Gasteiger partial charge is 0.191 e. The van der Waals surface area contributed by atoms with Crippen molar-refractivity contribution >= 4 is 5.78 Å². The largest absolute Gasteiger partial charge is 0.385 e. The molecule has 0 spiro atoms. The second-order valence-electron chi connectivity index (χ2n) is 5.14. The lowest BCUT2D eigenvalue weighted by atomic mass is 9.88. The van der Waals surface area contributed by atoms with Crippen molar-refractivity contribution < 1.29 is 9.90 Å². The van der Waals surface area contributed by atoms with Crippen molar-refractivity contribution in [1.29, 1.82) is 0 Å². The average molecular weight is 248 g/mol. The van der Waals surface area contributed by atoms with E-state index in [9.17, 15) is 9.90 Å². The molecule has 1 N–H and O–H groups in total. The van der Waals surface area contributed by atoms with Crippen LogP contribution < -0.4 is 0 Å². The molecule has 0 aromatic heterocycles. The van der Waals surface area contributed by atoms with E-state index < -0.39 is 6.10 Å². The summed E-state index contributed by atoms with van der Waals surface area (Å²) in [5.41, 5.74) is 3.90. The van der Waals surface area contributed by atoms with Gasteiger partial charge in [-0.3, -0.25) is 4.79 Å². The van der Waals surface area contributed by atoms with E-state index >= 15 is 0 Å². The minimum Gasteiger partial charge on any atom is -0.385 e. The van der Waals surface area contributed by atoms with Crippen LogP contribution in [0.1, 0.15) is 53.7 Å². The van der Waals surface area contributed by atoms with Crippen molar-refractivity contribution in [3.05, 3.63) is 34.4 Å². The molecular weight excluding hydrogens is 224 g/mol. The van der Waals surface area contributed by atoms with Crippen LogP contribution in [-0.4, -0.2) is 17.0 Å². The Labute approximate surface area is 110 Å². The first kappa shape index (κ1) is 14.9. The van der Waals surface area contributed by atoms with Crippen molar-refractivity contribution in [2.45, 2.75) is 53.6 Å². The van der Waals surface area contributed by atoms with Gasteiger partial charge in [0, 0.05) is 5.56 Å². The van der Waals surface area contributed by atoms with Gasteiger partial charge in [-0.15, -0.1) is 0 Å². The van der Waals surface area contributed by atoms with Crippen molar-refractivity contribution in [2.24, 2.45) is 5.92 Å². The molecule has 0 aliphatic rings. The molecule has 2 heteroatoms. The molecule has 2 nitrogen and oxygen atoms in total. The molecule has 1 aromatic carbocycles. The molecule has 0 aliphatic heterocycles. The van der Waals surface area contributed by atoms with Crippen LogP contribution >= 0.6 is 0 Å². The molecule has 0 amide bonds. The molecule has 1 aromatic rings. The fourth-order valence-electron chi connectivity index (χ4n) is 2.33. The second-order valence-corrected chi connectivity index (χ2v) is 5.14. The third kappa shape index (κ3) is 2.99. The van der Waals surface area contributed by atoms with Crippen LogP contribution in [0.5, 0.6) is 0 Å². The van der Waals surface area contributed by atoms with Gasteiger partial charge in [-0.25, -0.2) is 0 Å². The molecule has 100 valence electrons. The number of aliphatic hydroxyl groups is 1. The summed E-state index contributed by atoms with van der Waals surface area (Å²) in [6, 6.07) is 3.92. The van der Waals surface area contributed by atoms with Crippen LogP contribution in [0.2, 0.25) is 0 Å². The molecule has 0 bridgehead atoms. The summed E-state index contributed by atoms with van der Waals surface area (Å²) in [6.07, 6.45) is 0.779. The van der Waals surface area contributed by atoms with Crippen LogP contribution in [-0.2, 0) is 0 Å². The third-order valence-electron chi connectivity index (χ3n) is 3.87. The van der Waals surface area contributed by atoms with Crippen LogP contribution in [0.15, 0.2) is 12.1 Å². The van der Waals surface area contributed by atoms with Crippen LogP contribution in [0.3, 0.4) is 0 Å². The SMILES string of the molecule is CCC(CC)C(O)C(=O)c1cc(C)c(C)cc1C. The summed E-state index contributed by atoms with van der Waals surface area (Å²) >= 11 is 0. The molecule has 1 atom stereocenters. The predicted octanol–water partition coefficient (Wildman–Crippen LogP) is 3.59. The molecule has 0 aliphatic carbocycles. The zero-order valence-corrected chi connectivity index (χ0v) is 12.1. The number of hydrogen-bond donors (Lipinski definition) is 1. The van der Waals surface area contributed by atoms with E-state index in [1.165, 1.54) is 5.56 Å². The number of hydrogen-bond acceptors (Lipinski definition) is 2. The highest BCUT2D eigenvalue weighted by Crippen LogP contribution is 2.21. The van der Waals surface area contributed by atoms with Gasteiger partial charge in [-0.2, -0.15) is 0 Å². The highest BCUT2D eigenvalue weighted by atomic mass is 16.3. The zero-order chi connectivity index (χ0) is 13.9. The van der Waals surface area contributed by atoms with E-state index in [2.05, 4.69) is 0 Å². The van der Waals surface area contributed by atoms with E-state index in [1.807, 2.05) is 46.8 Å². The number of aliphatic hydroxyl groups excluding tert-OH is 1. The molecule has 1 rings (SSSR count). The molecule has 0 fully saturated rings. The van der Waals surface area contributed by atoms with E-state index in [0.29, 0.717) is 5.56 Å². The summed E-state index contributed by atoms with van der Waals surface area (Å²) in [5.74, 6) is -0.0807. The number of ketones is 1. The van der Waals surface area contributed by atoms with E-state index in [4.69, 9.17) is 0 Å². The molecule has 0 saturated heterocycles. The van der Waals surface area contributed by atoms with Crippen molar-refractivity contribution in [1.82, 2.24) is 0 Å². The van der Waals surface area contributed by atoms with Crippen LogP contribution in [0, 0.1) is 26.7 Å². The number of carbonyl (C=O) groups is 1. The maximum absolute atomic E-state index is 12.3. The van der Waals surface area contributed by atoms with Crippen molar-refractivity contribution in [3.63, 3.8) is 0 Å². The minimum absolute atomic E-state index is 0.0542. The first-order valence-corrected chi connectivity index (χ1v) is 6.72. The summed E-state index contributed by atoms with van der Waals surface area (Å²) in [7, 11) is 0. The summed E-state index contributed by atoms with van der Waals surface area (Å²) in [4.78, 5) is 12.3. The predicted molar refractivity (Wildman–Crippen MR) is 75.1 cm³/mol. The average Bonchev–Trinajstić information content (AvgIpc) is 2.34. The minimum atomic E-state index is -0.874. The number of aryl methyl sites for hydroxylation is 3. The van der Waals surface area contributed by atoms with Gasteiger partial charge in [0.2, 0.25) is 0 Å². The molecule has 0 saturated carbocycles. The summed E-state index contributed by atoms with van der Waals surface area (Å²) in [6.45, 7) is 9.98. The van der Waals surface area contributed by atoms with Gasteiger partial charge in [0.15, 0.2) is 5.78 Å². The lowest BCUT2D eigenvalue weighted by molar-refractivity contribution is 0.0587. The monoisotopic (exact) mass is 248 g/mol. The van der Waals surface area contributed by atoms with Gasteiger partial charge in [-0.1, -0.05) is 32.8 Å². The van der Waals surface area contributed by atoms with Crippen LogP contribution in [0.25, 0.3) is 0 Å². The molecule has 1 unspecified atom stereocenters. The van der Waals surface area contributed by atoms with Gasteiger partial charge in [0.1, 0.15) is 6.10 Å². The number of carbonyl (C=O) groups excluding carboxylic acids is 1. The van der Waals surface area contributed by atoms with Gasteiger partial charge in [0.05, 0.1) is 0 Å². The Morgan fingerprint density at radius 1 is 1.06 bits per heavy atom. The Kier molecular flexibility index (Phi) is 5.09. The topological polar surface area (TPSA) is 37.3 Å². The third-order valence-corrected chi connectivity index (χ3v) is 3.87. The van der Waals surface area contributed by atoms with Crippen molar-refractivity contribution in [3.8, 4) is 0 Å². The van der Waals surface area contributed by atoms with E-state index in [1.54, 1.807) is 0 Å². The van der Waals surface area contributed by atoms with Gasteiger partial charge >= 0.3 is 0 Å². The number of rotatable bonds is 5. The van der Waals surface area contributed by atoms with Crippen LogP contribution in [0.4, 0.5) is 0 Å². The zero-order valence-electron chi connectivity index (χ0n) is 12.1. The first-order valence-electron chi connectivity index (χ1n) is 6.72. The summed E-state index contributed by atoms with van der Waals surface area (Å²) in [5, 5.41) is 10.2. The first-order chi connectivity index (χ1) is 8.42. The maximum atomic E-state index is 12.3. The van der Waals surface area contributed by atoms with Crippen molar-refractivity contribution in [2.75, 3.05) is 0 Å². The Morgan fingerprint density at radius 2 is 1.56 bits per heavy atom. The fourth-order valence-corrected chi connectivity index (χ4v) is 2.33. The maximum Gasteiger partial charge on any atom is 0.191 e. The lowest BCUT2D eigenvalue weighted by Crippen LogP contribution is -2.29. The Morgan fingerprint density at radius 3 is 2.06 bits per heavy atom. The lowest BCUT2D eigenvalue weighted by Gasteiger charge is -2.20. The van der Waals surface area contributed by atoms with E-state index in [0.717, 1.165) is 24.0 Å². The van der Waals surface area contributed by atoms with E-state index in [-0.39, 0.29) is 11.7 Å². The molecular formula is C16H24O2. The van der Waals surface area contributed by atoms with Gasteiger partial charge in [-0.05, 0) is 49.4 Å². The highest BCUT2D eigenvalue weighted by molar-refractivity contribution is 6.01. The van der Waals surface area contributed by atoms with Gasteiger partial charge in [0.25, 0.3) is 0 Å². The summed E-state index contributed by atoms with van der Waals surface area (Å²) < 4.78 is 0. The number of benzene rings is 1. The molecule has 18 heavy (non-hydrogen) atoms. The number of Topliss-reactive ketones (excluding diaryl/α,β-unsaturated/α-hetero) is 1. The normalized spacial score (nSPS) is 12.8. The molecule has 0 radical (unpaired) electrons. The Balaban J connectivity index is 3.07. The highest BCUT2D eigenvalue weighted by Gasteiger charge is 2.25. The molecule has 0 heterocycles. The standard InChI is InChI=1S/C16H24O2/c1-6-13(7-2)15(17)16(18)14-9-11(4)10(3)8-12(14)5/h8-9,13,15,17H,6-7H2,1-5H3. The Hall–Kier alpha value is -1.15. The Bertz CT molecular complexity index is 431. The quantitative estimate of drug-likeness (QED) is 0.808. The fraction of sp³-hybridized carbons (Fsp3) is 0.562. The second kappa shape index (κ2) is 6.14.